The van der Waals surface area contributed by atoms with Crippen LogP contribution < -0.4 is 9.47 Å². The topological polar surface area (TPSA) is 77.4 Å². The molecule has 1 aromatic rings. The fourth-order valence-electron chi connectivity index (χ4n) is 6.02. The summed E-state index contributed by atoms with van der Waals surface area (Å²) in [6, 6.07) is 5.59. The molecule has 6 atom stereocenters. The van der Waals surface area contributed by atoms with Gasteiger partial charge in [0, 0.05) is 22.9 Å². The van der Waals surface area contributed by atoms with Crippen LogP contribution in [0.25, 0.3) is 0 Å². The summed E-state index contributed by atoms with van der Waals surface area (Å²) in [7, 11) is 3.24. The Hall–Kier alpha value is -2.57. The number of imide groups is 1. The molecule has 4 aliphatic rings. The van der Waals surface area contributed by atoms with Gasteiger partial charge < -0.3 is 14.3 Å². The lowest BCUT2D eigenvalue weighted by atomic mass is 9.71. The first kappa shape index (κ1) is 18.5. The number of hydrogen-bond acceptors (Lipinski definition) is 6. The largest absolute Gasteiger partial charge is 0.497 e. The minimum atomic E-state index is -0.513. The first-order valence-corrected chi connectivity index (χ1v) is 10.1. The van der Waals surface area contributed by atoms with Crippen molar-refractivity contribution in [3.63, 3.8) is 0 Å². The highest BCUT2D eigenvalue weighted by molar-refractivity contribution is 6.10. The van der Waals surface area contributed by atoms with E-state index in [1.807, 2.05) is 39.0 Å². The molecule has 0 N–H and O–H groups in total. The van der Waals surface area contributed by atoms with E-state index in [0.29, 0.717) is 11.5 Å². The van der Waals surface area contributed by atoms with E-state index in [1.54, 1.807) is 14.2 Å². The van der Waals surface area contributed by atoms with Crippen molar-refractivity contribution < 1.29 is 23.9 Å². The molecule has 154 valence electrons. The van der Waals surface area contributed by atoms with E-state index in [9.17, 15) is 9.59 Å². The molecule has 6 unspecified atom stereocenters. The number of ether oxygens (including phenoxy) is 2. The third-order valence-electron chi connectivity index (χ3n) is 7.04. The Labute approximate surface area is 170 Å². The van der Waals surface area contributed by atoms with Crippen LogP contribution in [-0.4, -0.2) is 48.3 Å². The number of carbonyl (C=O) groups is 2. The molecule has 2 saturated carbocycles. The van der Waals surface area contributed by atoms with E-state index in [0.717, 1.165) is 17.7 Å². The molecule has 2 heterocycles. The number of likely N-dealkylation sites (tertiary alicyclic amines) is 1. The van der Waals surface area contributed by atoms with Gasteiger partial charge in [0.15, 0.2) is 0 Å². The van der Waals surface area contributed by atoms with Crippen molar-refractivity contribution in [2.45, 2.75) is 38.8 Å². The second-order valence-electron chi connectivity index (χ2n) is 9.44. The van der Waals surface area contributed by atoms with Gasteiger partial charge in [-0.05, 0) is 51.3 Å². The van der Waals surface area contributed by atoms with Gasteiger partial charge in [0.1, 0.15) is 17.6 Å². The van der Waals surface area contributed by atoms with E-state index in [1.165, 1.54) is 4.90 Å². The molecule has 2 amide bonds. The normalized spacial score (nSPS) is 34.8. The molecule has 5 rings (SSSR count). The molecule has 1 aromatic carbocycles. The van der Waals surface area contributed by atoms with Crippen molar-refractivity contribution in [1.29, 1.82) is 0 Å². The van der Waals surface area contributed by atoms with Gasteiger partial charge in [-0.2, -0.15) is 0 Å². The summed E-state index contributed by atoms with van der Waals surface area (Å²) in [4.78, 5) is 33.8. The third kappa shape index (κ3) is 2.33. The molecule has 29 heavy (non-hydrogen) atoms. The van der Waals surface area contributed by atoms with Crippen molar-refractivity contribution >= 4 is 17.5 Å². The molecule has 1 saturated heterocycles. The summed E-state index contributed by atoms with van der Waals surface area (Å²) in [6.07, 6.45) is 0.662. The molecule has 7 heteroatoms. The Kier molecular flexibility index (Phi) is 3.80. The smallest absolute Gasteiger partial charge is 0.234 e. The van der Waals surface area contributed by atoms with Crippen molar-refractivity contribution in [2.75, 3.05) is 14.2 Å². The molecule has 0 spiro atoms. The Bertz CT molecular complexity index is 934. The van der Waals surface area contributed by atoms with Crippen molar-refractivity contribution in [3.8, 4) is 11.5 Å². The van der Waals surface area contributed by atoms with Crippen LogP contribution in [0.4, 0.5) is 0 Å². The number of carbonyl (C=O) groups excluding carboxylic acids is 2. The van der Waals surface area contributed by atoms with E-state index in [-0.39, 0.29) is 47.5 Å². The summed E-state index contributed by atoms with van der Waals surface area (Å²) in [5, 5.41) is 4.41. The molecule has 0 radical (unpaired) electrons. The van der Waals surface area contributed by atoms with Gasteiger partial charge in [-0.15, -0.1) is 0 Å². The van der Waals surface area contributed by atoms with Crippen molar-refractivity contribution in [2.24, 2.45) is 34.7 Å². The molecule has 7 nitrogen and oxygen atoms in total. The molecule has 2 bridgehead atoms. The Morgan fingerprint density at radius 3 is 2.34 bits per heavy atom. The summed E-state index contributed by atoms with van der Waals surface area (Å²) in [5.41, 5.74) is 1.11. The highest BCUT2D eigenvalue weighted by Crippen LogP contribution is 2.62. The van der Waals surface area contributed by atoms with E-state index < -0.39 is 5.54 Å². The van der Waals surface area contributed by atoms with Gasteiger partial charge in [0.2, 0.25) is 11.8 Å². The number of rotatable bonds is 3. The lowest BCUT2D eigenvalue weighted by molar-refractivity contribution is -0.146. The van der Waals surface area contributed by atoms with Crippen LogP contribution in [0.3, 0.4) is 0 Å². The molecule has 3 fully saturated rings. The predicted molar refractivity (Wildman–Crippen MR) is 105 cm³/mol. The standard InChI is InChI=1S/C22H26N2O5/c1-22(2,3)24-20(25)15-12-9-13(16(15)21(24)26)19-17(12)18(23-29-19)11-8-10(27-4)6-7-14(11)28-5/h6-8,12-13,15-17,19H,9H2,1-5H3. The molecule has 2 aliphatic heterocycles. The van der Waals surface area contributed by atoms with E-state index >= 15 is 0 Å². The molecule has 2 aliphatic carbocycles. The zero-order valence-electron chi connectivity index (χ0n) is 17.3. The van der Waals surface area contributed by atoms with Crippen LogP contribution in [0.5, 0.6) is 11.5 Å². The van der Waals surface area contributed by atoms with Crippen LogP contribution >= 0.6 is 0 Å². The predicted octanol–water partition coefficient (Wildman–Crippen LogP) is 2.47. The second kappa shape index (κ2) is 5.97. The van der Waals surface area contributed by atoms with Crippen LogP contribution in [-0.2, 0) is 14.4 Å². The number of hydrogen-bond donors (Lipinski definition) is 0. The van der Waals surface area contributed by atoms with Crippen LogP contribution in [0.2, 0.25) is 0 Å². The first-order valence-electron chi connectivity index (χ1n) is 10.1. The number of nitrogens with zero attached hydrogens (tertiary/aromatic N) is 2. The summed E-state index contributed by atoms with van der Waals surface area (Å²) >= 11 is 0. The maximum Gasteiger partial charge on any atom is 0.234 e. The van der Waals surface area contributed by atoms with Gasteiger partial charge in [0.25, 0.3) is 0 Å². The Balaban J connectivity index is 1.53. The summed E-state index contributed by atoms with van der Waals surface area (Å²) < 4.78 is 10.9. The minimum Gasteiger partial charge on any atom is -0.497 e. The number of methoxy groups -OCH3 is 2. The number of oxime groups is 1. The van der Waals surface area contributed by atoms with Crippen molar-refractivity contribution in [3.05, 3.63) is 23.8 Å². The number of fused-ring (bicyclic) bond motifs is 8. The highest BCUT2D eigenvalue weighted by Gasteiger charge is 2.71. The molecule has 0 aromatic heterocycles. The van der Waals surface area contributed by atoms with Gasteiger partial charge in [-0.3, -0.25) is 14.5 Å². The fourth-order valence-corrected chi connectivity index (χ4v) is 6.02. The van der Waals surface area contributed by atoms with E-state index in [4.69, 9.17) is 14.3 Å². The average Bonchev–Trinajstić information content (AvgIpc) is 3.40. The zero-order valence-corrected chi connectivity index (χ0v) is 17.3. The van der Waals surface area contributed by atoms with Crippen molar-refractivity contribution in [1.82, 2.24) is 4.90 Å². The molecular formula is C22H26N2O5. The average molecular weight is 398 g/mol. The molecular weight excluding hydrogens is 372 g/mol. The zero-order chi connectivity index (χ0) is 20.7. The summed E-state index contributed by atoms with van der Waals surface area (Å²) in [5.74, 6) is 0.812. The Morgan fingerprint density at radius 1 is 1.03 bits per heavy atom. The van der Waals surface area contributed by atoms with Crippen LogP contribution in [0.15, 0.2) is 23.4 Å². The maximum absolute atomic E-state index is 13.3. The van der Waals surface area contributed by atoms with Crippen LogP contribution in [0, 0.1) is 29.6 Å². The summed E-state index contributed by atoms with van der Waals surface area (Å²) in [6.45, 7) is 5.74. The lowest BCUT2D eigenvalue weighted by Gasteiger charge is -2.31. The second-order valence-corrected chi connectivity index (χ2v) is 9.44. The van der Waals surface area contributed by atoms with Gasteiger partial charge in [0.05, 0.1) is 31.8 Å². The van der Waals surface area contributed by atoms with E-state index in [2.05, 4.69) is 5.16 Å². The highest BCUT2D eigenvalue weighted by atomic mass is 16.6. The Morgan fingerprint density at radius 2 is 1.72 bits per heavy atom. The van der Waals surface area contributed by atoms with Gasteiger partial charge in [-0.1, -0.05) is 5.16 Å². The minimum absolute atomic E-state index is 0.0149. The third-order valence-corrected chi connectivity index (χ3v) is 7.04. The SMILES string of the molecule is COc1ccc(OC)c(C2=NOC3C4CC(C23)C2C(=O)N(C(C)(C)C)C(=O)C42)c1. The fraction of sp³-hybridized carbons (Fsp3) is 0.591. The van der Waals surface area contributed by atoms with Gasteiger partial charge in [-0.25, -0.2) is 0 Å². The first-order chi connectivity index (χ1) is 13.8. The number of benzene rings is 1. The van der Waals surface area contributed by atoms with Crippen LogP contribution in [0.1, 0.15) is 32.8 Å². The van der Waals surface area contributed by atoms with Gasteiger partial charge >= 0.3 is 0 Å². The maximum atomic E-state index is 13.3. The number of amides is 2. The monoisotopic (exact) mass is 398 g/mol. The quantitative estimate of drug-likeness (QED) is 0.731. The lowest BCUT2D eigenvalue weighted by Crippen LogP contribution is -2.46.